The molecule has 0 amide bonds. The van der Waals surface area contributed by atoms with Crippen molar-refractivity contribution in [2.24, 2.45) is 5.92 Å². The molecule has 0 N–H and O–H groups in total. The largest absolute Gasteiger partial charge is 0.372 e. The molecule has 1 aliphatic rings. The predicted octanol–water partition coefficient (Wildman–Crippen LogP) is 2.97. The lowest BCUT2D eigenvalue weighted by Crippen LogP contribution is -2.20. The average molecular weight is 238 g/mol. The van der Waals surface area contributed by atoms with E-state index in [9.17, 15) is 14.5 Å². The summed E-state index contributed by atoms with van der Waals surface area (Å²) in [5.74, 6) is 0.260. The van der Waals surface area contributed by atoms with Crippen molar-refractivity contribution in [3.8, 4) is 0 Å². The van der Waals surface area contributed by atoms with Gasteiger partial charge in [-0.2, -0.15) is 0 Å². The highest BCUT2D eigenvalue weighted by Crippen LogP contribution is 2.33. The molecule has 0 bridgehead atoms. The predicted molar refractivity (Wildman–Crippen MR) is 63.7 cm³/mol. The van der Waals surface area contributed by atoms with Crippen LogP contribution in [0.2, 0.25) is 0 Å². The van der Waals surface area contributed by atoms with Gasteiger partial charge < -0.3 is 4.90 Å². The SMILES string of the molecule is CN(CCC1CC1)c1ccc([N+](=O)[O-])cc1F. The highest BCUT2D eigenvalue weighted by Gasteiger charge is 2.22. The number of hydrogen-bond donors (Lipinski definition) is 0. The number of nitrogens with zero attached hydrogens (tertiary/aromatic N) is 2. The van der Waals surface area contributed by atoms with Gasteiger partial charge in [0.05, 0.1) is 16.7 Å². The molecule has 1 saturated carbocycles. The summed E-state index contributed by atoms with van der Waals surface area (Å²) in [6.07, 6.45) is 3.61. The molecule has 0 atom stereocenters. The maximum absolute atomic E-state index is 13.7. The monoisotopic (exact) mass is 238 g/mol. The summed E-state index contributed by atoms with van der Waals surface area (Å²) >= 11 is 0. The molecule has 5 heteroatoms. The number of nitro groups is 1. The summed E-state index contributed by atoms with van der Waals surface area (Å²) < 4.78 is 13.7. The van der Waals surface area contributed by atoms with Gasteiger partial charge in [0.25, 0.3) is 5.69 Å². The summed E-state index contributed by atoms with van der Waals surface area (Å²) in [7, 11) is 1.81. The highest BCUT2D eigenvalue weighted by molar-refractivity contribution is 5.51. The van der Waals surface area contributed by atoms with Crippen molar-refractivity contribution in [3.05, 3.63) is 34.1 Å². The molecule has 4 nitrogen and oxygen atoms in total. The van der Waals surface area contributed by atoms with Gasteiger partial charge in [-0.15, -0.1) is 0 Å². The Morgan fingerprint density at radius 1 is 1.53 bits per heavy atom. The van der Waals surface area contributed by atoms with Crippen LogP contribution in [0.4, 0.5) is 15.8 Å². The fourth-order valence-electron chi connectivity index (χ4n) is 1.82. The summed E-state index contributed by atoms with van der Waals surface area (Å²) in [4.78, 5) is 11.7. The number of anilines is 1. The Balaban J connectivity index is 2.05. The van der Waals surface area contributed by atoms with E-state index in [0.29, 0.717) is 5.69 Å². The molecule has 0 heterocycles. The molecule has 0 spiro atoms. The van der Waals surface area contributed by atoms with Crippen LogP contribution in [0.3, 0.4) is 0 Å². The molecule has 17 heavy (non-hydrogen) atoms. The van der Waals surface area contributed by atoms with E-state index in [1.54, 1.807) is 0 Å². The maximum atomic E-state index is 13.7. The van der Waals surface area contributed by atoms with Crippen molar-refractivity contribution in [2.75, 3.05) is 18.5 Å². The number of non-ortho nitro benzene ring substituents is 1. The zero-order valence-electron chi connectivity index (χ0n) is 9.73. The van der Waals surface area contributed by atoms with Crippen molar-refractivity contribution < 1.29 is 9.31 Å². The minimum absolute atomic E-state index is 0.207. The lowest BCUT2D eigenvalue weighted by molar-refractivity contribution is -0.385. The van der Waals surface area contributed by atoms with Crippen LogP contribution in [-0.2, 0) is 0 Å². The molecule has 1 aromatic rings. The normalized spacial score (nSPS) is 14.7. The summed E-state index contributed by atoms with van der Waals surface area (Å²) in [5, 5.41) is 10.5. The average Bonchev–Trinajstić information content (AvgIpc) is 3.09. The molecule has 1 aliphatic carbocycles. The van der Waals surface area contributed by atoms with E-state index in [0.717, 1.165) is 24.9 Å². The van der Waals surface area contributed by atoms with E-state index in [1.165, 1.54) is 25.0 Å². The van der Waals surface area contributed by atoms with Gasteiger partial charge >= 0.3 is 0 Å². The first-order chi connectivity index (χ1) is 8.08. The van der Waals surface area contributed by atoms with Crippen LogP contribution in [-0.4, -0.2) is 18.5 Å². The number of rotatable bonds is 5. The summed E-state index contributed by atoms with van der Waals surface area (Å²) in [5.41, 5.74) is 0.220. The maximum Gasteiger partial charge on any atom is 0.272 e. The number of hydrogen-bond acceptors (Lipinski definition) is 3. The third-order valence-corrected chi connectivity index (χ3v) is 3.12. The van der Waals surface area contributed by atoms with Crippen LogP contribution in [0.25, 0.3) is 0 Å². The van der Waals surface area contributed by atoms with Gasteiger partial charge in [0.2, 0.25) is 0 Å². The van der Waals surface area contributed by atoms with Crippen molar-refractivity contribution in [1.82, 2.24) is 0 Å². The van der Waals surface area contributed by atoms with E-state index >= 15 is 0 Å². The Morgan fingerprint density at radius 3 is 2.76 bits per heavy atom. The molecule has 1 aromatic carbocycles. The van der Waals surface area contributed by atoms with Gasteiger partial charge in [-0.05, 0) is 18.4 Å². The molecule has 0 aromatic heterocycles. The molecule has 2 rings (SSSR count). The molecular weight excluding hydrogens is 223 g/mol. The first-order valence-corrected chi connectivity index (χ1v) is 5.73. The topological polar surface area (TPSA) is 46.4 Å². The van der Waals surface area contributed by atoms with E-state index < -0.39 is 10.7 Å². The van der Waals surface area contributed by atoms with Crippen molar-refractivity contribution >= 4 is 11.4 Å². The molecule has 92 valence electrons. The molecule has 0 saturated heterocycles. The van der Waals surface area contributed by atoms with E-state index in [1.807, 2.05) is 11.9 Å². The first kappa shape index (κ1) is 11.8. The number of halogens is 1. The van der Waals surface area contributed by atoms with E-state index in [-0.39, 0.29) is 5.69 Å². The fourth-order valence-corrected chi connectivity index (χ4v) is 1.82. The fraction of sp³-hybridized carbons (Fsp3) is 0.500. The molecular formula is C12H15FN2O2. The quantitative estimate of drug-likeness (QED) is 0.585. The van der Waals surface area contributed by atoms with E-state index in [2.05, 4.69) is 0 Å². The van der Waals surface area contributed by atoms with Gasteiger partial charge in [0.1, 0.15) is 0 Å². The molecule has 0 unspecified atom stereocenters. The first-order valence-electron chi connectivity index (χ1n) is 5.73. The van der Waals surface area contributed by atoms with Crippen LogP contribution in [0.15, 0.2) is 18.2 Å². The van der Waals surface area contributed by atoms with Crippen LogP contribution in [0.5, 0.6) is 0 Å². The van der Waals surface area contributed by atoms with Gasteiger partial charge in [0.15, 0.2) is 5.82 Å². The Labute approximate surface area is 99.2 Å². The molecule has 0 aliphatic heterocycles. The second-order valence-corrected chi connectivity index (χ2v) is 4.55. The van der Waals surface area contributed by atoms with Crippen LogP contribution in [0.1, 0.15) is 19.3 Å². The Bertz CT molecular complexity index is 433. The second-order valence-electron chi connectivity index (χ2n) is 4.55. The third kappa shape index (κ3) is 2.93. The van der Waals surface area contributed by atoms with Crippen LogP contribution < -0.4 is 4.90 Å². The Morgan fingerprint density at radius 2 is 2.24 bits per heavy atom. The lowest BCUT2D eigenvalue weighted by Gasteiger charge is -2.19. The molecule has 0 radical (unpaired) electrons. The Hall–Kier alpha value is -1.65. The second kappa shape index (κ2) is 4.69. The van der Waals surface area contributed by atoms with Crippen molar-refractivity contribution in [1.29, 1.82) is 0 Å². The van der Waals surface area contributed by atoms with Crippen LogP contribution in [0, 0.1) is 21.8 Å². The van der Waals surface area contributed by atoms with Gasteiger partial charge in [-0.3, -0.25) is 10.1 Å². The van der Waals surface area contributed by atoms with Crippen LogP contribution >= 0.6 is 0 Å². The highest BCUT2D eigenvalue weighted by atomic mass is 19.1. The standard InChI is InChI=1S/C12H15FN2O2/c1-14(7-6-9-2-3-9)12-5-4-10(15(16)17)8-11(12)13/h4-5,8-9H,2-3,6-7H2,1H3. The molecule has 1 fully saturated rings. The van der Waals surface area contributed by atoms with Crippen molar-refractivity contribution in [2.45, 2.75) is 19.3 Å². The number of nitro benzene ring substituents is 1. The van der Waals surface area contributed by atoms with Gasteiger partial charge in [-0.25, -0.2) is 4.39 Å². The minimum atomic E-state index is -0.586. The lowest BCUT2D eigenvalue weighted by atomic mass is 10.2. The number of benzene rings is 1. The van der Waals surface area contributed by atoms with E-state index in [4.69, 9.17) is 0 Å². The third-order valence-electron chi connectivity index (χ3n) is 3.12. The zero-order valence-corrected chi connectivity index (χ0v) is 9.73. The zero-order chi connectivity index (χ0) is 12.4. The van der Waals surface area contributed by atoms with Crippen molar-refractivity contribution in [3.63, 3.8) is 0 Å². The smallest absolute Gasteiger partial charge is 0.272 e. The Kier molecular flexibility index (Phi) is 3.26. The summed E-state index contributed by atoms with van der Waals surface area (Å²) in [6, 6.07) is 3.79. The summed E-state index contributed by atoms with van der Waals surface area (Å²) in [6.45, 7) is 0.791. The van der Waals surface area contributed by atoms with Gasteiger partial charge in [0, 0.05) is 19.7 Å². The minimum Gasteiger partial charge on any atom is -0.372 e. The van der Waals surface area contributed by atoms with Gasteiger partial charge in [-0.1, -0.05) is 12.8 Å².